The summed E-state index contributed by atoms with van der Waals surface area (Å²) in [7, 11) is 0. The summed E-state index contributed by atoms with van der Waals surface area (Å²) < 4.78 is 0. The molecule has 11 heavy (non-hydrogen) atoms. The standard InChI is InChI=1S/C10H20O/c1-7-6-9(2,3)8(11)10(7,4)5/h7-8,11H,6H2,1-5H3. The third kappa shape index (κ3) is 1.20. The highest BCUT2D eigenvalue weighted by Crippen LogP contribution is 2.52. The third-order valence-electron chi connectivity index (χ3n) is 3.55. The zero-order chi connectivity index (χ0) is 8.86. The quantitative estimate of drug-likeness (QED) is 0.571. The van der Waals surface area contributed by atoms with Crippen molar-refractivity contribution in [1.82, 2.24) is 0 Å². The van der Waals surface area contributed by atoms with E-state index in [0.717, 1.165) is 6.42 Å². The van der Waals surface area contributed by atoms with E-state index in [2.05, 4.69) is 34.6 Å². The van der Waals surface area contributed by atoms with Gasteiger partial charge in [0.15, 0.2) is 0 Å². The topological polar surface area (TPSA) is 20.2 Å². The highest BCUT2D eigenvalue weighted by molar-refractivity contribution is 5.00. The summed E-state index contributed by atoms with van der Waals surface area (Å²) in [6, 6.07) is 0. The van der Waals surface area contributed by atoms with E-state index in [4.69, 9.17) is 0 Å². The summed E-state index contributed by atoms with van der Waals surface area (Å²) in [6.07, 6.45) is 0.992. The molecular formula is C10H20O. The predicted molar refractivity (Wildman–Crippen MR) is 47.3 cm³/mol. The summed E-state index contributed by atoms with van der Waals surface area (Å²) in [5.74, 6) is 0.632. The lowest BCUT2D eigenvalue weighted by molar-refractivity contribution is 0.00139. The summed E-state index contributed by atoms with van der Waals surface area (Å²) >= 11 is 0. The molecule has 0 saturated heterocycles. The SMILES string of the molecule is CC1CC(C)(C)C(O)C1(C)C. The van der Waals surface area contributed by atoms with E-state index in [0.29, 0.717) is 5.92 Å². The fourth-order valence-electron chi connectivity index (χ4n) is 2.44. The maximum absolute atomic E-state index is 9.96. The average molecular weight is 156 g/mol. The van der Waals surface area contributed by atoms with E-state index < -0.39 is 0 Å². The van der Waals surface area contributed by atoms with Gasteiger partial charge in [0, 0.05) is 0 Å². The van der Waals surface area contributed by atoms with Crippen LogP contribution in [0.15, 0.2) is 0 Å². The average Bonchev–Trinajstić information content (AvgIpc) is 1.94. The minimum atomic E-state index is -0.148. The van der Waals surface area contributed by atoms with Gasteiger partial charge in [-0.3, -0.25) is 0 Å². The summed E-state index contributed by atoms with van der Waals surface area (Å²) in [5.41, 5.74) is 0.215. The fourth-order valence-corrected chi connectivity index (χ4v) is 2.44. The first-order valence-corrected chi connectivity index (χ1v) is 4.46. The van der Waals surface area contributed by atoms with Crippen molar-refractivity contribution < 1.29 is 5.11 Å². The summed E-state index contributed by atoms with van der Waals surface area (Å²) in [5, 5.41) is 9.96. The molecule has 0 aromatic heterocycles. The van der Waals surface area contributed by atoms with E-state index >= 15 is 0 Å². The van der Waals surface area contributed by atoms with Gasteiger partial charge in [0.1, 0.15) is 0 Å². The first kappa shape index (κ1) is 9.05. The molecule has 1 aliphatic carbocycles. The van der Waals surface area contributed by atoms with Crippen molar-refractivity contribution in [3.8, 4) is 0 Å². The number of aliphatic hydroxyl groups is 1. The van der Waals surface area contributed by atoms with E-state index in [-0.39, 0.29) is 16.9 Å². The van der Waals surface area contributed by atoms with Crippen molar-refractivity contribution in [3.63, 3.8) is 0 Å². The van der Waals surface area contributed by atoms with Crippen LogP contribution in [0.1, 0.15) is 41.0 Å². The van der Waals surface area contributed by atoms with Crippen LogP contribution in [-0.4, -0.2) is 11.2 Å². The lowest BCUT2D eigenvalue weighted by atomic mass is 9.79. The van der Waals surface area contributed by atoms with Crippen LogP contribution in [0.2, 0.25) is 0 Å². The van der Waals surface area contributed by atoms with Crippen LogP contribution in [-0.2, 0) is 0 Å². The third-order valence-corrected chi connectivity index (χ3v) is 3.55. The highest BCUT2D eigenvalue weighted by Gasteiger charge is 2.50. The van der Waals surface area contributed by atoms with Crippen molar-refractivity contribution >= 4 is 0 Å². The normalized spacial score (nSPS) is 40.9. The molecule has 0 aromatic rings. The number of aliphatic hydroxyl groups excluding tert-OH is 1. The van der Waals surface area contributed by atoms with E-state index in [1.54, 1.807) is 0 Å². The van der Waals surface area contributed by atoms with Crippen molar-refractivity contribution in [3.05, 3.63) is 0 Å². The molecule has 1 rings (SSSR count). The van der Waals surface area contributed by atoms with Crippen LogP contribution in [0.5, 0.6) is 0 Å². The van der Waals surface area contributed by atoms with E-state index in [9.17, 15) is 5.11 Å². The molecule has 1 N–H and O–H groups in total. The lowest BCUT2D eigenvalue weighted by Crippen LogP contribution is -2.34. The van der Waals surface area contributed by atoms with Crippen molar-refractivity contribution in [1.29, 1.82) is 0 Å². The summed E-state index contributed by atoms with van der Waals surface area (Å²) in [4.78, 5) is 0. The van der Waals surface area contributed by atoms with Crippen LogP contribution < -0.4 is 0 Å². The van der Waals surface area contributed by atoms with E-state index in [1.807, 2.05) is 0 Å². The van der Waals surface area contributed by atoms with Crippen LogP contribution in [0.3, 0.4) is 0 Å². The van der Waals surface area contributed by atoms with Crippen molar-refractivity contribution in [2.45, 2.75) is 47.1 Å². The highest BCUT2D eigenvalue weighted by atomic mass is 16.3. The Bertz CT molecular complexity index is 158. The number of hydrogen-bond donors (Lipinski definition) is 1. The van der Waals surface area contributed by atoms with Gasteiger partial charge in [-0.15, -0.1) is 0 Å². The molecule has 0 amide bonds. The van der Waals surface area contributed by atoms with Crippen LogP contribution in [0, 0.1) is 16.7 Å². The number of hydrogen-bond acceptors (Lipinski definition) is 1. The molecule has 2 atom stereocenters. The second-order valence-electron chi connectivity index (χ2n) is 5.32. The molecule has 0 heterocycles. The minimum Gasteiger partial charge on any atom is -0.392 e. The Balaban J connectivity index is 2.89. The summed E-state index contributed by atoms with van der Waals surface area (Å²) in [6.45, 7) is 10.9. The maximum Gasteiger partial charge on any atom is 0.0644 e. The Hall–Kier alpha value is -0.0400. The Morgan fingerprint density at radius 3 is 1.73 bits per heavy atom. The molecule has 1 heteroatoms. The van der Waals surface area contributed by atoms with Gasteiger partial charge in [-0.05, 0) is 23.2 Å². The minimum absolute atomic E-state index is 0.101. The molecule has 0 bridgehead atoms. The van der Waals surface area contributed by atoms with Gasteiger partial charge in [0.25, 0.3) is 0 Å². The van der Waals surface area contributed by atoms with Crippen molar-refractivity contribution in [2.24, 2.45) is 16.7 Å². The molecule has 1 saturated carbocycles. The molecule has 1 fully saturated rings. The van der Waals surface area contributed by atoms with Gasteiger partial charge in [0.2, 0.25) is 0 Å². The molecular weight excluding hydrogens is 136 g/mol. The first-order chi connectivity index (χ1) is 4.78. The zero-order valence-corrected chi connectivity index (χ0v) is 8.31. The molecule has 2 unspecified atom stereocenters. The predicted octanol–water partition coefficient (Wildman–Crippen LogP) is 2.44. The Kier molecular flexibility index (Phi) is 1.83. The second-order valence-corrected chi connectivity index (χ2v) is 5.32. The van der Waals surface area contributed by atoms with Crippen molar-refractivity contribution in [2.75, 3.05) is 0 Å². The van der Waals surface area contributed by atoms with Gasteiger partial charge in [-0.2, -0.15) is 0 Å². The maximum atomic E-state index is 9.96. The Morgan fingerprint density at radius 1 is 1.18 bits per heavy atom. The van der Waals surface area contributed by atoms with E-state index in [1.165, 1.54) is 0 Å². The Labute approximate surface area is 69.8 Å². The molecule has 1 nitrogen and oxygen atoms in total. The second kappa shape index (κ2) is 2.22. The monoisotopic (exact) mass is 156 g/mol. The van der Waals surface area contributed by atoms with Crippen LogP contribution in [0.4, 0.5) is 0 Å². The lowest BCUT2D eigenvalue weighted by Gasteiger charge is -2.31. The largest absolute Gasteiger partial charge is 0.392 e. The molecule has 0 spiro atoms. The molecule has 0 aliphatic heterocycles. The smallest absolute Gasteiger partial charge is 0.0644 e. The van der Waals surface area contributed by atoms with Crippen LogP contribution >= 0.6 is 0 Å². The fraction of sp³-hybridized carbons (Fsp3) is 1.00. The van der Waals surface area contributed by atoms with Gasteiger partial charge in [-0.1, -0.05) is 34.6 Å². The Morgan fingerprint density at radius 2 is 1.64 bits per heavy atom. The number of rotatable bonds is 0. The van der Waals surface area contributed by atoms with Gasteiger partial charge >= 0.3 is 0 Å². The van der Waals surface area contributed by atoms with Gasteiger partial charge in [-0.25, -0.2) is 0 Å². The van der Waals surface area contributed by atoms with Gasteiger partial charge < -0.3 is 5.11 Å². The molecule has 0 aromatic carbocycles. The van der Waals surface area contributed by atoms with Gasteiger partial charge in [0.05, 0.1) is 6.10 Å². The van der Waals surface area contributed by atoms with Crippen LogP contribution in [0.25, 0.3) is 0 Å². The molecule has 1 aliphatic rings. The zero-order valence-electron chi connectivity index (χ0n) is 8.31. The molecule has 66 valence electrons. The molecule has 0 radical (unpaired) electrons. The first-order valence-electron chi connectivity index (χ1n) is 4.46.